The van der Waals surface area contributed by atoms with Crippen molar-refractivity contribution in [1.82, 2.24) is 10.1 Å². The van der Waals surface area contributed by atoms with Crippen molar-refractivity contribution in [3.63, 3.8) is 0 Å². The third kappa shape index (κ3) is 3.72. The smallest absolute Gasteiger partial charge is 0.293 e. The number of benzene rings is 2. The van der Waals surface area contributed by atoms with Gasteiger partial charge >= 0.3 is 0 Å². The molecule has 2 aromatic heterocycles. The minimum atomic E-state index is -0.429. The first-order valence-electron chi connectivity index (χ1n) is 9.08. The van der Waals surface area contributed by atoms with E-state index in [1.165, 1.54) is 6.07 Å². The molecule has 0 spiro atoms. The van der Waals surface area contributed by atoms with Gasteiger partial charge < -0.3 is 19.4 Å². The number of nitrogens with zero attached hydrogens (tertiary/aromatic N) is 3. The second-order valence-corrected chi connectivity index (χ2v) is 6.70. The molecule has 0 aliphatic rings. The number of nitro benzene ring substituents is 1. The average Bonchev–Trinajstić information content (AvgIpc) is 3.37. The van der Waals surface area contributed by atoms with E-state index in [2.05, 4.69) is 10.1 Å². The molecule has 0 aliphatic heterocycles. The molecule has 2 aromatic carbocycles. The zero-order chi connectivity index (χ0) is 21.3. The largest absolute Gasteiger partial charge is 0.486 e. The SMILES string of the molecule is Cc1cc(OCc2ccc(-c3nc(-c4cccc(N)c4C)no3)o2)ccc1[N+](=O)[O-]. The number of aromatic nitrogens is 2. The molecule has 0 saturated carbocycles. The molecule has 0 fully saturated rings. The molecule has 2 heterocycles. The monoisotopic (exact) mass is 406 g/mol. The second kappa shape index (κ2) is 7.70. The summed E-state index contributed by atoms with van der Waals surface area (Å²) in [6.45, 7) is 3.70. The number of nitrogen functional groups attached to an aromatic ring is 1. The molecule has 0 amide bonds. The highest BCUT2D eigenvalue weighted by Crippen LogP contribution is 2.29. The number of anilines is 1. The van der Waals surface area contributed by atoms with Crippen molar-refractivity contribution in [2.24, 2.45) is 0 Å². The predicted octanol–water partition coefficient (Wildman–Crippen LogP) is 4.68. The molecule has 2 N–H and O–H groups in total. The Bertz CT molecular complexity index is 1230. The van der Waals surface area contributed by atoms with E-state index in [1.54, 1.807) is 31.2 Å². The maximum absolute atomic E-state index is 10.9. The first-order valence-corrected chi connectivity index (χ1v) is 9.08. The summed E-state index contributed by atoms with van der Waals surface area (Å²) >= 11 is 0. The van der Waals surface area contributed by atoms with Gasteiger partial charge in [-0.3, -0.25) is 10.1 Å². The lowest BCUT2D eigenvalue weighted by Crippen LogP contribution is -1.96. The molecule has 4 rings (SSSR count). The Morgan fingerprint density at radius 2 is 2.00 bits per heavy atom. The van der Waals surface area contributed by atoms with Crippen molar-refractivity contribution < 1.29 is 18.6 Å². The average molecular weight is 406 g/mol. The minimum Gasteiger partial charge on any atom is -0.486 e. The van der Waals surface area contributed by atoms with Gasteiger partial charge in [-0.1, -0.05) is 17.3 Å². The fourth-order valence-electron chi connectivity index (χ4n) is 2.98. The van der Waals surface area contributed by atoms with Crippen LogP contribution in [0.4, 0.5) is 11.4 Å². The number of aryl methyl sites for hydroxylation is 1. The summed E-state index contributed by atoms with van der Waals surface area (Å²) in [4.78, 5) is 14.9. The number of nitrogens with two attached hydrogens (primary N) is 1. The predicted molar refractivity (Wildman–Crippen MR) is 109 cm³/mol. The van der Waals surface area contributed by atoms with Crippen LogP contribution >= 0.6 is 0 Å². The number of hydrogen-bond acceptors (Lipinski definition) is 8. The minimum absolute atomic E-state index is 0.0465. The van der Waals surface area contributed by atoms with Crippen LogP contribution in [0.15, 0.2) is 57.5 Å². The topological polar surface area (TPSA) is 130 Å². The fourth-order valence-corrected chi connectivity index (χ4v) is 2.98. The van der Waals surface area contributed by atoms with E-state index in [4.69, 9.17) is 19.4 Å². The van der Waals surface area contributed by atoms with Crippen molar-refractivity contribution in [1.29, 1.82) is 0 Å². The lowest BCUT2D eigenvalue weighted by Gasteiger charge is -2.05. The zero-order valence-corrected chi connectivity index (χ0v) is 16.3. The van der Waals surface area contributed by atoms with E-state index in [9.17, 15) is 10.1 Å². The molecule has 0 aliphatic carbocycles. The van der Waals surface area contributed by atoms with Crippen molar-refractivity contribution >= 4 is 11.4 Å². The van der Waals surface area contributed by atoms with Gasteiger partial charge in [0.25, 0.3) is 11.6 Å². The summed E-state index contributed by atoms with van der Waals surface area (Å²) in [5.41, 5.74) is 8.82. The third-order valence-corrected chi connectivity index (χ3v) is 4.66. The van der Waals surface area contributed by atoms with Gasteiger partial charge in [-0.15, -0.1) is 0 Å². The van der Waals surface area contributed by atoms with Crippen LogP contribution in [0.1, 0.15) is 16.9 Å². The van der Waals surface area contributed by atoms with Crippen LogP contribution in [-0.4, -0.2) is 15.1 Å². The highest BCUT2D eigenvalue weighted by atomic mass is 16.6. The Morgan fingerprint density at radius 1 is 1.17 bits per heavy atom. The van der Waals surface area contributed by atoms with Crippen molar-refractivity contribution in [2.75, 3.05) is 5.73 Å². The highest BCUT2D eigenvalue weighted by molar-refractivity contribution is 5.68. The lowest BCUT2D eigenvalue weighted by atomic mass is 10.1. The number of rotatable bonds is 6. The molecular formula is C21H18N4O5. The van der Waals surface area contributed by atoms with Crippen molar-refractivity contribution in [3.8, 4) is 28.8 Å². The van der Waals surface area contributed by atoms with E-state index in [-0.39, 0.29) is 18.2 Å². The van der Waals surface area contributed by atoms with Crippen LogP contribution in [-0.2, 0) is 6.61 Å². The summed E-state index contributed by atoms with van der Waals surface area (Å²) in [5.74, 6) is 2.12. The Morgan fingerprint density at radius 3 is 2.77 bits per heavy atom. The van der Waals surface area contributed by atoms with E-state index < -0.39 is 4.92 Å². The molecular weight excluding hydrogens is 388 g/mol. The molecule has 0 atom stereocenters. The molecule has 0 saturated heterocycles. The highest BCUT2D eigenvalue weighted by Gasteiger charge is 2.17. The van der Waals surface area contributed by atoms with Crippen LogP contribution in [0.2, 0.25) is 0 Å². The van der Waals surface area contributed by atoms with Crippen molar-refractivity contribution in [3.05, 3.63) is 75.5 Å². The van der Waals surface area contributed by atoms with E-state index in [1.807, 2.05) is 25.1 Å². The zero-order valence-electron chi connectivity index (χ0n) is 16.3. The molecule has 152 valence electrons. The Labute approximate surface area is 171 Å². The Kier molecular flexibility index (Phi) is 4.93. The van der Waals surface area contributed by atoms with Crippen molar-refractivity contribution in [2.45, 2.75) is 20.5 Å². The van der Waals surface area contributed by atoms with Gasteiger partial charge in [-0.05, 0) is 49.7 Å². The first-order chi connectivity index (χ1) is 14.4. The lowest BCUT2D eigenvalue weighted by molar-refractivity contribution is -0.385. The maximum Gasteiger partial charge on any atom is 0.293 e. The Balaban J connectivity index is 1.47. The summed E-state index contributed by atoms with van der Waals surface area (Å²) in [5, 5.41) is 14.9. The van der Waals surface area contributed by atoms with Gasteiger partial charge in [0.1, 0.15) is 18.1 Å². The molecule has 9 heteroatoms. The van der Waals surface area contributed by atoms with Crippen LogP contribution in [0, 0.1) is 24.0 Å². The molecule has 9 nitrogen and oxygen atoms in total. The molecule has 0 radical (unpaired) electrons. The molecule has 0 bridgehead atoms. The van der Waals surface area contributed by atoms with Crippen LogP contribution in [0.5, 0.6) is 5.75 Å². The summed E-state index contributed by atoms with van der Waals surface area (Å²) in [7, 11) is 0. The van der Waals surface area contributed by atoms with Crippen LogP contribution in [0.3, 0.4) is 0 Å². The summed E-state index contributed by atoms with van der Waals surface area (Å²) in [6, 6.07) is 13.5. The molecule has 30 heavy (non-hydrogen) atoms. The van der Waals surface area contributed by atoms with Crippen LogP contribution in [0.25, 0.3) is 23.0 Å². The third-order valence-electron chi connectivity index (χ3n) is 4.66. The maximum atomic E-state index is 10.9. The normalized spacial score (nSPS) is 10.9. The number of furan rings is 1. The summed E-state index contributed by atoms with van der Waals surface area (Å²) in [6.07, 6.45) is 0. The quantitative estimate of drug-likeness (QED) is 0.277. The van der Waals surface area contributed by atoms with E-state index in [0.29, 0.717) is 34.3 Å². The standard InChI is InChI=1S/C21H18N4O5/c1-12-10-14(6-8-18(12)25(26)27)28-11-15-7-9-19(29-15)21-23-20(24-30-21)16-4-3-5-17(22)13(16)2/h3-10H,11,22H2,1-2H3. The molecule has 0 unspecified atom stereocenters. The van der Waals surface area contributed by atoms with Gasteiger partial charge in [0.15, 0.2) is 5.76 Å². The number of hydrogen-bond donors (Lipinski definition) is 1. The number of ether oxygens (including phenoxy) is 1. The van der Waals surface area contributed by atoms with Gasteiger partial charge in [-0.2, -0.15) is 4.98 Å². The Hall–Kier alpha value is -4.14. The van der Waals surface area contributed by atoms with Gasteiger partial charge in [0.05, 0.1) is 4.92 Å². The van der Waals surface area contributed by atoms with Gasteiger partial charge in [0, 0.05) is 22.9 Å². The van der Waals surface area contributed by atoms with E-state index >= 15 is 0 Å². The second-order valence-electron chi connectivity index (χ2n) is 6.70. The van der Waals surface area contributed by atoms with E-state index in [0.717, 1.165) is 11.1 Å². The number of nitro groups is 1. The first kappa shape index (κ1) is 19.2. The van der Waals surface area contributed by atoms with Gasteiger partial charge in [0.2, 0.25) is 5.82 Å². The fraction of sp³-hybridized carbons (Fsp3) is 0.143. The summed E-state index contributed by atoms with van der Waals surface area (Å²) < 4.78 is 16.7. The molecule has 4 aromatic rings. The van der Waals surface area contributed by atoms with Gasteiger partial charge in [-0.25, -0.2) is 0 Å². The van der Waals surface area contributed by atoms with Crippen LogP contribution < -0.4 is 10.5 Å².